The van der Waals surface area contributed by atoms with Gasteiger partial charge in [-0.3, -0.25) is 9.59 Å². The standard InChI is InChI=1S/C23H26ClN3O6/c1-3-31-20-13-16(9-10-19(20)33-15-23(30)32-4-2)14-25-27-22(29)12-11-21(28)26-18-8-6-5-7-17(18)24/h5-10,13-14H,3-4,11-12,15H2,1-2H3,(H,26,28)(H,27,29). The number of hydrogen-bond donors (Lipinski definition) is 2. The molecule has 33 heavy (non-hydrogen) atoms. The summed E-state index contributed by atoms with van der Waals surface area (Å²) in [5, 5.41) is 6.97. The van der Waals surface area contributed by atoms with E-state index in [4.69, 9.17) is 25.8 Å². The molecule has 2 amide bonds. The van der Waals surface area contributed by atoms with Crippen molar-refractivity contribution in [1.29, 1.82) is 0 Å². The summed E-state index contributed by atoms with van der Waals surface area (Å²) < 4.78 is 15.8. The highest BCUT2D eigenvalue weighted by Crippen LogP contribution is 2.28. The predicted molar refractivity (Wildman–Crippen MR) is 125 cm³/mol. The van der Waals surface area contributed by atoms with Crippen molar-refractivity contribution >= 4 is 41.3 Å². The second-order valence-electron chi connectivity index (χ2n) is 6.55. The van der Waals surface area contributed by atoms with Crippen molar-refractivity contribution < 1.29 is 28.6 Å². The average Bonchev–Trinajstić information content (AvgIpc) is 2.79. The van der Waals surface area contributed by atoms with Gasteiger partial charge in [-0.2, -0.15) is 5.10 Å². The first-order valence-corrected chi connectivity index (χ1v) is 10.7. The van der Waals surface area contributed by atoms with E-state index in [1.165, 1.54) is 6.21 Å². The topological polar surface area (TPSA) is 115 Å². The van der Waals surface area contributed by atoms with Crippen molar-refractivity contribution in [1.82, 2.24) is 5.43 Å². The zero-order valence-corrected chi connectivity index (χ0v) is 19.2. The Balaban J connectivity index is 1.84. The van der Waals surface area contributed by atoms with Gasteiger partial charge < -0.3 is 19.5 Å². The van der Waals surface area contributed by atoms with E-state index in [1.807, 2.05) is 6.92 Å². The van der Waals surface area contributed by atoms with Gasteiger partial charge in [-0.15, -0.1) is 0 Å². The van der Waals surface area contributed by atoms with Crippen molar-refractivity contribution in [2.75, 3.05) is 25.1 Å². The fourth-order valence-electron chi connectivity index (χ4n) is 2.57. The summed E-state index contributed by atoms with van der Waals surface area (Å²) in [6.07, 6.45) is 1.37. The van der Waals surface area contributed by atoms with Crippen molar-refractivity contribution in [3.63, 3.8) is 0 Å². The molecule has 0 aliphatic carbocycles. The van der Waals surface area contributed by atoms with E-state index in [2.05, 4.69) is 15.8 Å². The van der Waals surface area contributed by atoms with Gasteiger partial charge in [0.05, 0.1) is 30.1 Å². The molecule has 0 radical (unpaired) electrons. The number of para-hydroxylation sites is 1. The number of carbonyl (C=O) groups excluding carboxylic acids is 3. The van der Waals surface area contributed by atoms with Crippen LogP contribution in [0.2, 0.25) is 5.02 Å². The van der Waals surface area contributed by atoms with Crippen LogP contribution in [0.25, 0.3) is 0 Å². The second kappa shape index (κ2) is 13.7. The van der Waals surface area contributed by atoms with Crippen LogP contribution in [0.4, 0.5) is 5.69 Å². The molecule has 0 fully saturated rings. The lowest BCUT2D eigenvalue weighted by Gasteiger charge is -2.12. The van der Waals surface area contributed by atoms with Crippen molar-refractivity contribution in [3.8, 4) is 11.5 Å². The lowest BCUT2D eigenvalue weighted by molar-refractivity contribution is -0.145. The summed E-state index contributed by atoms with van der Waals surface area (Å²) in [6, 6.07) is 11.8. The lowest BCUT2D eigenvalue weighted by atomic mass is 10.2. The first kappa shape index (κ1) is 25.7. The van der Waals surface area contributed by atoms with Gasteiger partial charge in [-0.25, -0.2) is 10.2 Å². The lowest BCUT2D eigenvalue weighted by Crippen LogP contribution is -2.20. The number of amides is 2. The second-order valence-corrected chi connectivity index (χ2v) is 6.96. The van der Waals surface area contributed by atoms with Crippen LogP contribution in [0.15, 0.2) is 47.6 Å². The third-order valence-electron chi connectivity index (χ3n) is 4.05. The highest BCUT2D eigenvalue weighted by Gasteiger charge is 2.10. The number of anilines is 1. The third kappa shape index (κ3) is 9.20. The van der Waals surface area contributed by atoms with E-state index >= 15 is 0 Å². The van der Waals surface area contributed by atoms with Crippen LogP contribution >= 0.6 is 11.6 Å². The van der Waals surface area contributed by atoms with Crippen LogP contribution < -0.4 is 20.2 Å². The Kier molecular flexibility index (Phi) is 10.7. The summed E-state index contributed by atoms with van der Waals surface area (Å²) in [5.74, 6) is -0.417. The molecule has 0 aromatic heterocycles. The first-order valence-electron chi connectivity index (χ1n) is 10.3. The molecule has 0 atom stereocenters. The monoisotopic (exact) mass is 475 g/mol. The molecule has 0 saturated heterocycles. The summed E-state index contributed by atoms with van der Waals surface area (Å²) in [7, 11) is 0. The van der Waals surface area contributed by atoms with E-state index in [1.54, 1.807) is 49.4 Å². The highest BCUT2D eigenvalue weighted by molar-refractivity contribution is 6.33. The molecule has 0 heterocycles. The molecule has 2 rings (SSSR count). The molecule has 0 aliphatic heterocycles. The van der Waals surface area contributed by atoms with Gasteiger partial charge >= 0.3 is 5.97 Å². The highest BCUT2D eigenvalue weighted by atomic mass is 35.5. The van der Waals surface area contributed by atoms with Crippen LogP contribution in [0.5, 0.6) is 11.5 Å². The van der Waals surface area contributed by atoms with Crippen molar-refractivity contribution in [3.05, 3.63) is 53.1 Å². The van der Waals surface area contributed by atoms with Gasteiger partial charge in [0.1, 0.15) is 0 Å². The van der Waals surface area contributed by atoms with E-state index < -0.39 is 11.9 Å². The molecule has 2 aromatic rings. The maximum Gasteiger partial charge on any atom is 0.344 e. The Morgan fingerprint density at radius 3 is 2.45 bits per heavy atom. The quantitative estimate of drug-likeness (QED) is 0.275. The minimum atomic E-state index is -0.478. The number of ether oxygens (including phenoxy) is 3. The van der Waals surface area contributed by atoms with E-state index in [9.17, 15) is 14.4 Å². The van der Waals surface area contributed by atoms with Gasteiger partial charge in [0.15, 0.2) is 18.1 Å². The fraction of sp³-hybridized carbons (Fsp3) is 0.304. The molecule has 10 heteroatoms. The number of nitrogens with zero attached hydrogens (tertiary/aromatic N) is 1. The number of benzene rings is 2. The average molecular weight is 476 g/mol. The smallest absolute Gasteiger partial charge is 0.344 e. The molecule has 0 saturated carbocycles. The number of esters is 1. The number of hydrogen-bond acceptors (Lipinski definition) is 7. The Bertz CT molecular complexity index is 996. The van der Waals surface area contributed by atoms with Gasteiger partial charge in [-0.1, -0.05) is 23.7 Å². The number of nitrogens with one attached hydrogen (secondary N) is 2. The van der Waals surface area contributed by atoms with Crippen molar-refractivity contribution in [2.24, 2.45) is 5.10 Å². The normalized spacial score (nSPS) is 10.5. The van der Waals surface area contributed by atoms with Crippen LogP contribution in [-0.2, 0) is 19.1 Å². The Labute approximate surface area is 197 Å². The van der Waals surface area contributed by atoms with Gasteiger partial charge in [0, 0.05) is 12.8 Å². The van der Waals surface area contributed by atoms with E-state index in [0.717, 1.165) is 0 Å². The van der Waals surface area contributed by atoms with Crippen LogP contribution in [0.1, 0.15) is 32.3 Å². The molecule has 0 spiro atoms. The SMILES string of the molecule is CCOC(=O)COc1ccc(C=NNC(=O)CCC(=O)Nc2ccccc2Cl)cc1OCC. The van der Waals surface area contributed by atoms with Gasteiger partial charge in [0.2, 0.25) is 11.8 Å². The number of hydrazone groups is 1. The zero-order chi connectivity index (χ0) is 24.1. The third-order valence-corrected chi connectivity index (χ3v) is 4.38. The Morgan fingerprint density at radius 2 is 1.73 bits per heavy atom. The summed E-state index contributed by atoms with van der Waals surface area (Å²) in [4.78, 5) is 35.4. The zero-order valence-electron chi connectivity index (χ0n) is 18.4. The summed E-state index contributed by atoms with van der Waals surface area (Å²) >= 11 is 5.99. The van der Waals surface area contributed by atoms with Gasteiger partial charge in [-0.05, 0) is 49.7 Å². The number of halogens is 1. The maximum atomic E-state index is 12.0. The fourth-order valence-corrected chi connectivity index (χ4v) is 2.75. The molecular weight excluding hydrogens is 450 g/mol. The molecule has 0 aliphatic rings. The van der Waals surface area contributed by atoms with Crippen LogP contribution in [-0.4, -0.2) is 43.8 Å². The molecule has 2 aromatic carbocycles. The van der Waals surface area contributed by atoms with E-state index in [-0.39, 0.29) is 32.0 Å². The largest absolute Gasteiger partial charge is 0.490 e. The molecule has 9 nitrogen and oxygen atoms in total. The van der Waals surface area contributed by atoms with Gasteiger partial charge in [0.25, 0.3) is 0 Å². The number of carbonyl (C=O) groups is 3. The number of rotatable bonds is 12. The minimum Gasteiger partial charge on any atom is -0.490 e. The van der Waals surface area contributed by atoms with Crippen LogP contribution in [0, 0.1) is 0 Å². The molecule has 2 N–H and O–H groups in total. The van der Waals surface area contributed by atoms with Crippen LogP contribution in [0.3, 0.4) is 0 Å². The molecular formula is C23H26ClN3O6. The first-order chi connectivity index (χ1) is 15.9. The Hall–Kier alpha value is -3.59. The predicted octanol–water partition coefficient (Wildman–Crippen LogP) is 3.55. The summed E-state index contributed by atoms with van der Waals surface area (Å²) in [5.41, 5.74) is 3.50. The Morgan fingerprint density at radius 1 is 0.970 bits per heavy atom. The molecule has 176 valence electrons. The maximum absolute atomic E-state index is 12.0. The van der Waals surface area contributed by atoms with E-state index in [0.29, 0.717) is 34.4 Å². The minimum absolute atomic E-state index is 0.0203. The molecule has 0 unspecified atom stereocenters. The molecule has 0 bridgehead atoms. The van der Waals surface area contributed by atoms with Crippen molar-refractivity contribution in [2.45, 2.75) is 26.7 Å². The summed E-state index contributed by atoms with van der Waals surface area (Å²) in [6.45, 7) is 3.96.